The number of carbonyl (C=O) groups is 2. The van der Waals surface area contributed by atoms with Gasteiger partial charge in [0.2, 0.25) is 11.2 Å². The summed E-state index contributed by atoms with van der Waals surface area (Å²) in [5, 5.41) is 0.325. The van der Waals surface area contributed by atoms with Crippen LogP contribution >= 0.6 is 0 Å². The van der Waals surface area contributed by atoms with E-state index in [0.717, 1.165) is 6.42 Å². The van der Waals surface area contributed by atoms with E-state index in [-0.39, 0.29) is 23.6 Å². The third-order valence-corrected chi connectivity index (χ3v) is 4.18. The highest BCUT2D eigenvalue weighted by atomic mass is 16.5. The first-order chi connectivity index (χ1) is 14.4. The largest absolute Gasteiger partial charge is 0.486 e. The SMILES string of the molecule is CCCOC(=O)c1ccc(Oc2c(C)oc3cc(OCC(C)=O)ccc3c2=O)cc1. The van der Waals surface area contributed by atoms with Crippen LogP contribution in [0.25, 0.3) is 11.0 Å². The first kappa shape index (κ1) is 21.1. The molecule has 1 aromatic heterocycles. The van der Waals surface area contributed by atoms with Gasteiger partial charge in [-0.05, 0) is 56.7 Å². The molecule has 0 atom stereocenters. The van der Waals surface area contributed by atoms with Gasteiger partial charge in [-0.25, -0.2) is 4.79 Å². The summed E-state index contributed by atoms with van der Waals surface area (Å²) < 4.78 is 21.9. The summed E-state index contributed by atoms with van der Waals surface area (Å²) in [5.74, 6) is 0.648. The Hall–Kier alpha value is -3.61. The number of Topliss-reactive ketones (excluding diaryl/α,β-unsaturated/α-hetero) is 1. The van der Waals surface area contributed by atoms with Crippen molar-refractivity contribution in [3.63, 3.8) is 0 Å². The van der Waals surface area contributed by atoms with Crippen LogP contribution in [0.2, 0.25) is 0 Å². The van der Waals surface area contributed by atoms with E-state index in [1.54, 1.807) is 49.4 Å². The van der Waals surface area contributed by atoms with Crippen LogP contribution in [0.5, 0.6) is 17.2 Å². The molecule has 3 aromatic rings. The number of fused-ring (bicyclic) bond motifs is 1. The summed E-state index contributed by atoms with van der Waals surface area (Å²) in [4.78, 5) is 35.8. The van der Waals surface area contributed by atoms with Crippen LogP contribution in [0.4, 0.5) is 0 Å². The van der Waals surface area contributed by atoms with E-state index < -0.39 is 5.97 Å². The fourth-order valence-corrected chi connectivity index (χ4v) is 2.72. The summed E-state index contributed by atoms with van der Waals surface area (Å²) >= 11 is 0. The van der Waals surface area contributed by atoms with E-state index in [1.807, 2.05) is 6.92 Å². The molecule has 7 nitrogen and oxygen atoms in total. The van der Waals surface area contributed by atoms with Crippen molar-refractivity contribution in [3.05, 3.63) is 64.0 Å². The van der Waals surface area contributed by atoms with E-state index >= 15 is 0 Å². The lowest BCUT2D eigenvalue weighted by Crippen LogP contribution is -2.09. The first-order valence-corrected chi connectivity index (χ1v) is 9.53. The summed E-state index contributed by atoms with van der Waals surface area (Å²) in [6, 6.07) is 11.0. The number of ketones is 1. The molecule has 0 unspecified atom stereocenters. The molecule has 156 valence electrons. The van der Waals surface area contributed by atoms with Crippen molar-refractivity contribution >= 4 is 22.7 Å². The Morgan fingerprint density at radius 2 is 1.73 bits per heavy atom. The average Bonchev–Trinajstić information content (AvgIpc) is 2.73. The lowest BCUT2D eigenvalue weighted by molar-refractivity contribution is -0.118. The van der Waals surface area contributed by atoms with Gasteiger partial charge in [0.25, 0.3) is 0 Å². The molecule has 0 saturated carbocycles. The van der Waals surface area contributed by atoms with Crippen LogP contribution in [0.1, 0.15) is 36.4 Å². The van der Waals surface area contributed by atoms with Crippen LogP contribution in [0.3, 0.4) is 0 Å². The molecule has 0 spiro atoms. The van der Waals surface area contributed by atoms with E-state index in [2.05, 4.69) is 0 Å². The van der Waals surface area contributed by atoms with E-state index in [9.17, 15) is 14.4 Å². The van der Waals surface area contributed by atoms with Gasteiger partial charge in [-0.3, -0.25) is 9.59 Å². The smallest absolute Gasteiger partial charge is 0.338 e. The molecule has 0 radical (unpaired) electrons. The Bertz CT molecular complexity index is 1130. The molecule has 0 amide bonds. The second-order valence-corrected chi connectivity index (χ2v) is 6.73. The molecule has 1 heterocycles. The first-order valence-electron chi connectivity index (χ1n) is 9.53. The van der Waals surface area contributed by atoms with Crippen LogP contribution < -0.4 is 14.9 Å². The molecular weight excluding hydrogens is 388 g/mol. The molecule has 0 aliphatic rings. The third kappa shape index (κ3) is 4.86. The predicted octanol–water partition coefficient (Wildman–Crippen LogP) is 4.43. The highest BCUT2D eigenvalue weighted by Gasteiger charge is 2.15. The fourth-order valence-electron chi connectivity index (χ4n) is 2.72. The molecule has 7 heteroatoms. The summed E-state index contributed by atoms with van der Waals surface area (Å²) in [6.45, 7) is 5.26. The number of hydrogen-bond donors (Lipinski definition) is 0. The Kier molecular flexibility index (Phi) is 6.51. The number of ether oxygens (including phenoxy) is 3. The highest BCUT2D eigenvalue weighted by Crippen LogP contribution is 2.27. The van der Waals surface area contributed by atoms with Crippen molar-refractivity contribution in [3.8, 4) is 17.2 Å². The van der Waals surface area contributed by atoms with Crippen LogP contribution in [0, 0.1) is 6.92 Å². The van der Waals surface area contributed by atoms with Gasteiger partial charge in [0.1, 0.15) is 29.4 Å². The zero-order valence-corrected chi connectivity index (χ0v) is 17.0. The number of rotatable bonds is 8. The van der Waals surface area contributed by atoms with Crippen molar-refractivity contribution in [2.24, 2.45) is 0 Å². The number of esters is 1. The van der Waals surface area contributed by atoms with E-state index in [0.29, 0.717) is 40.4 Å². The van der Waals surface area contributed by atoms with Gasteiger partial charge >= 0.3 is 5.97 Å². The summed E-state index contributed by atoms with van der Waals surface area (Å²) in [6.07, 6.45) is 0.744. The lowest BCUT2D eigenvalue weighted by atomic mass is 10.2. The van der Waals surface area contributed by atoms with E-state index in [1.165, 1.54) is 6.92 Å². The topological polar surface area (TPSA) is 92.0 Å². The quantitative estimate of drug-likeness (QED) is 0.507. The Morgan fingerprint density at radius 1 is 1.03 bits per heavy atom. The van der Waals surface area contributed by atoms with Crippen LogP contribution in [-0.4, -0.2) is 25.0 Å². The average molecular weight is 410 g/mol. The summed E-state index contributed by atoms with van der Waals surface area (Å²) in [7, 11) is 0. The van der Waals surface area contributed by atoms with Crippen molar-refractivity contribution in [2.45, 2.75) is 27.2 Å². The minimum Gasteiger partial charge on any atom is -0.486 e. The van der Waals surface area contributed by atoms with Crippen molar-refractivity contribution in [1.82, 2.24) is 0 Å². The molecule has 3 rings (SSSR count). The molecular formula is C23H22O7. The van der Waals surface area contributed by atoms with Crippen molar-refractivity contribution < 1.29 is 28.2 Å². The second kappa shape index (κ2) is 9.26. The molecule has 0 fully saturated rings. The zero-order chi connectivity index (χ0) is 21.7. The highest BCUT2D eigenvalue weighted by molar-refractivity contribution is 5.89. The monoisotopic (exact) mass is 410 g/mol. The maximum absolute atomic E-state index is 12.9. The van der Waals surface area contributed by atoms with Gasteiger partial charge in [-0.15, -0.1) is 0 Å². The van der Waals surface area contributed by atoms with Gasteiger partial charge in [-0.1, -0.05) is 6.92 Å². The molecule has 0 N–H and O–H groups in total. The minimum absolute atomic E-state index is 0.0567. The zero-order valence-electron chi connectivity index (χ0n) is 17.0. The number of hydrogen-bond acceptors (Lipinski definition) is 7. The third-order valence-electron chi connectivity index (χ3n) is 4.18. The minimum atomic E-state index is -0.410. The maximum Gasteiger partial charge on any atom is 0.338 e. The molecule has 0 aliphatic carbocycles. The van der Waals surface area contributed by atoms with Crippen LogP contribution in [0.15, 0.2) is 51.7 Å². The molecule has 0 bridgehead atoms. The second-order valence-electron chi connectivity index (χ2n) is 6.73. The Labute approximate surface area is 173 Å². The lowest BCUT2D eigenvalue weighted by Gasteiger charge is -2.10. The van der Waals surface area contributed by atoms with Gasteiger partial charge in [0.15, 0.2) is 5.78 Å². The number of aryl methyl sites for hydroxylation is 1. The Morgan fingerprint density at radius 3 is 2.40 bits per heavy atom. The predicted molar refractivity (Wildman–Crippen MR) is 110 cm³/mol. The molecule has 0 aliphatic heterocycles. The molecule has 0 saturated heterocycles. The number of carbonyl (C=O) groups excluding carboxylic acids is 2. The van der Waals surface area contributed by atoms with Gasteiger partial charge in [0, 0.05) is 6.07 Å². The molecule has 2 aromatic carbocycles. The Balaban J connectivity index is 1.84. The van der Waals surface area contributed by atoms with Gasteiger partial charge in [-0.2, -0.15) is 0 Å². The maximum atomic E-state index is 12.9. The van der Waals surface area contributed by atoms with E-state index in [4.69, 9.17) is 18.6 Å². The van der Waals surface area contributed by atoms with Crippen LogP contribution in [-0.2, 0) is 9.53 Å². The standard InChI is InChI=1S/C23H22O7/c1-4-11-27-23(26)16-5-7-17(8-6-16)30-22-15(3)29-20-12-18(28-13-14(2)24)9-10-19(20)21(22)25/h5-10,12H,4,11,13H2,1-3H3. The van der Waals surface area contributed by atoms with Crippen molar-refractivity contribution in [2.75, 3.05) is 13.2 Å². The normalized spacial score (nSPS) is 10.6. The molecule has 30 heavy (non-hydrogen) atoms. The fraction of sp³-hybridized carbons (Fsp3) is 0.261. The van der Waals surface area contributed by atoms with Gasteiger partial charge < -0.3 is 18.6 Å². The number of benzene rings is 2. The van der Waals surface area contributed by atoms with Crippen molar-refractivity contribution in [1.29, 1.82) is 0 Å². The summed E-state index contributed by atoms with van der Waals surface area (Å²) in [5.41, 5.74) is 0.398. The van der Waals surface area contributed by atoms with Gasteiger partial charge in [0.05, 0.1) is 17.6 Å².